The van der Waals surface area contributed by atoms with E-state index in [1.165, 1.54) is 11.3 Å². The molecule has 1 amide bonds. The van der Waals surface area contributed by atoms with Gasteiger partial charge in [0.2, 0.25) is 6.41 Å². The summed E-state index contributed by atoms with van der Waals surface area (Å²) in [5, 5.41) is 8.07. The smallest absolute Gasteiger partial charge is 0.213 e. The van der Waals surface area contributed by atoms with E-state index < -0.39 is 0 Å². The molecule has 0 saturated heterocycles. The van der Waals surface area contributed by atoms with Crippen molar-refractivity contribution in [3.8, 4) is 0 Å². The zero-order valence-corrected chi connectivity index (χ0v) is 9.49. The van der Waals surface area contributed by atoms with E-state index in [0.717, 1.165) is 6.42 Å². The molecule has 1 N–H and O–H groups in total. The quantitative estimate of drug-likeness (QED) is 0.335. The van der Waals surface area contributed by atoms with Gasteiger partial charge < -0.3 is 10.2 Å². The number of hydrogen-bond donors (Lipinski definition) is 1. The van der Waals surface area contributed by atoms with Gasteiger partial charge in [0.25, 0.3) is 0 Å². The van der Waals surface area contributed by atoms with Gasteiger partial charge in [-0.3, -0.25) is 9.59 Å². The Kier molecular flexibility index (Phi) is 5.13. The fraction of sp³-hybridized carbons (Fsp3) is 0.333. The van der Waals surface area contributed by atoms with Gasteiger partial charge in [-0.1, -0.05) is 12.1 Å². The maximum atomic E-state index is 10.7. The summed E-state index contributed by atoms with van der Waals surface area (Å²) in [4.78, 5) is 29.8. The summed E-state index contributed by atoms with van der Waals surface area (Å²) in [5.74, 6) is 0. The normalized spacial score (nSPS) is 10.9. The van der Waals surface area contributed by atoms with Crippen LogP contribution in [0.2, 0.25) is 0 Å². The zero-order chi connectivity index (χ0) is 11.8. The number of nitrogens with zero attached hydrogens (tertiary/aromatic N) is 2. The number of amides is 1. The molecule has 16 heavy (non-hydrogen) atoms. The average Bonchev–Trinajstić information content (AvgIpc) is 2.74. The van der Waals surface area contributed by atoms with Gasteiger partial charge in [-0.05, 0) is 6.42 Å². The van der Waals surface area contributed by atoms with Crippen molar-refractivity contribution in [2.24, 2.45) is 5.16 Å². The second-order valence-electron chi connectivity index (χ2n) is 2.73. The van der Waals surface area contributed by atoms with Crippen LogP contribution in [0.15, 0.2) is 10.5 Å². The third-order valence-corrected chi connectivity index (χ3v) is 2.29. The van der Waals surface area contributed by atoms with Crippen molar-refractivity contribution in [3.05, 3.63) is 11.1 Å². The summed E-state index contributed by atoms with van der Waals surface area (Å²) in [7, 11) is 0. The molecule has 0 saturated carbocycles. The second-order valence-corrected chi connectivity index (χ2v) is 3.59. The Labute approximate surface area is 96.3 Å². The standard InChI is InChI=1S/C9H11N3O3S/c1-2-3-15-12-7(4-13)8-5-16-9(11-8)10-6-14/h4-6H,2-3H2,1H3,(H,10,11,14)/b12-7-. The Balaban J connectivity index is 2.74. The van der Waals surface area contributed by atoms with E-state index in [1.54, 1.807) is 5.38 Å². The molecule has 86 valence electrons. The van der Waals surface area contributed by atoms with E-state index in [1.807, 2.05) is 6.92 Å². The number of aldehydes is 1. The minimum Gasteiger partial charge on any atom is -0.395 e. The molecule has 0 bridgehead atoms. The molecule has 0 unspecified atom stereocenters. The van der Waals surface area contributed by atoms with Crippen LogP contribution in [0.25, 0.3) is 0 Å². The molecule has 0 spiro atoms. The second kappa shape index (κ2) is 6.67. The molecule has 0 fully saturated rings. The number of nitrogens with one attached hydrogen (secondary N) is 1. The summed E-state index contributed by atoms with van der Waals surface area (Å²) in [5.41, 5.74) is 0.504. The summed E-state index contributed by atoms with van der Waals surface area (Å²) < 4.78 is 0. The molecule has 1 rings (SSSR count). The highest BCUT2D eigenvalue weighted by Crippen LogP contribution is 2.14. The van der Waals surface area contributed by atoms with Crippen molar-refractivity contribution < 1.29 is 14.4 Å². The Morgan fingerprint density at radius 3 is 3.12 bits per heavy atom. The topological polar surface area (TPSA) is 80.6 Å². The van der Waals surface area contributed by atoms with E-state index in [2.05, 4.69) is 15.5 Å². The average molecular weight is 241 g/mol. The molecule has 0 aliphatic heterocycles. The van der Waals surface area contributed by atoms with Crippen LogP contribution < -0.4 is 5.32 Å². The number of thiazole rings is 1. The fourth-order valence-corrected chi connectivity index (χ4v) is 1.51. The van der Waals surface area contributed by atoms with Crippen molar-refractivity contribution in [3.63, 3.8) is 0 Å². The minimum atomic E-state index is 0.114. The highest BCUT2D eigenvalue weighted by Gasteiger charge is 2.08. The highest BCUT2D eigenvalue weighted by atomic mass is 32.1. The lowest BCUT2D eigenvalue weighted by atomic mass is 10.3. The van der Waals surface area contributed by atoms with Crippen LogP contribution in [0.3, 0.4) is 0 Å². The molecule has 0 aliphatic carbocycles. The summed E-state index contributed by atoms with van der Waals surface area (Å²) in [6.45, 7) is 2.38. The molecule has 1 aromatic rings. The van der Waals surface area contributed by atoms with Gasteiger partial charge in [0.05, 0.1) is 0 Å². The maximum absolute atomic E-state index is 10.7. The molecule has 0 radical (unpaired) electrons. The van der Waals surface area contributed by atoms with Gasteiger partial charge in [-0.2, -0.15) is 0 Å². The predicted molar refractivity (Wildman–Crippen MR) is 60.6 cm³/mol. The van der Waals surface area contributed by atoms with Gasteiger partial charge >= 0.3 is 0 Å². The maximum Gasteiger partial charge on any atom is 0.213 e. The summed E-state index contributed by atoms with van der Waals surface area (Å²) >= 11 is 1.21. The van der Waals surface area contributed by atoms with Crippen molar-refractivity contribution in [2.45, 2.75) is 13.3 Å². The number of oxime groups is 1. The lowest BCUT2D eigenvalue weighted by Crippen LogP contribution is -2.05. The molecular formula is C9H11N3O3S. The molecular weight excluding hydrogens is 230 g/mol. The zero-order valence-electron chi connectivity index (χ0n) is 8.67. The first-order chi connectivity index (χ1) is 7.81. The lowest BCUT2D eigenvalue weighted by Gasteiger charge is -1.96. The van der Waals surface area contributed by atoms with Gasteiger partial charge in [0.15, 0.2) is 17.1 Å². The predicted octanol–water partition coefficient (Wildman–Crippen LogP) is 1.04. The fourth-order valence-electron chi connectivity index (χ4n) is 0.843. The van der Waals surface area contributed by atoms with E-state index in [4.69, 9.17) is 4.84 Å². The van der Waals surface area contributed by atoms with Crippen LogP contribution in [0.5, 0.6) is 0 Å². The molecule has 0 aromatic carbocycles. The molecule has 7 heteroatoms. The molecule has 0 atom stereocenters. The Hall–Kier alpha value is -1.76. The van der Waals surface area contributed by atoms with Gasteiger partial charge in [0, 0.05) is 5.38 Å². The van der Waals surface area contributed by atoms with Crippen LogP contribution >= 0.6 is 11.3 Å². The summed E-state index contributed by atoms with van der Waals surface area (Å²) in [6, 6.07) is 0. The van der Waals surface area contributed by atoms with Gasteiger partial charge in [-0.15, -0.1) is 11.3 Å². The van der Waals surface area contributed by atoms with Crippen LogP contribution in [-0.2, 0) is 14.4 Å². The Bertz CT molecular complexity index is 389. The number of carbonyl (C=O) groups excluding carboxylic acids is 2. The largest absolute Gasteiger partial charge is 0.395 e. The first-order valence-electron chi connectivity index (χ1n) is 4.63. The van der Waals surface area contributed by atoms with E-state index in [-0.39, 0.29) is 5.71 Å². The highest BCUT2D eigenvalue weighted by molar-refractivity contribution is 7.14. The van der Waals surface area contributed by atoms with Gasteiger partial charge in [-0.25, -0.2) is 4.98 Å². The minimum absolute atomic E-state index is 0.114. The Morgan fingerprint density at radius 2 is 2.50 bits per heavy atom. The van der Waals surface area contributed by atoms with E-state index >= 15 is 0 Å². The number of rotatable bonds is 7. The Morgan fingerprint density at radius 1 is 1.69 bits per heavy atom. The van der Waals surface area contributed by atoms with Crippen molar-refractivity contribution >= 4 is 34.9 Å². The summed E-state index contributed by atoms with van der Waals surface area (Å²) in [6.07, 6.45) is 1.90. The van der Waals surface area contributed by atoms with Crippen molar-refractivity contribution in [2.75, 3.05) is 11.9 Å². The monoisotopic (exact) mass is 241 g/mol. The number of carbonyl (C=O) groups is 2. The van der Waals surface area contributed by atoms with Crippen LogP contribution in [-0.4, -0.2) is 30.0 Å². The van der Waals surface area contributed by atoms with Crippen LogP contribution in [0, 0.1) is 0 Å². The van der Waals surface area contributed by atoms with Crippen LogP contribution in [0.4, 0.5) is 5.13 Å². The molecule has 6 nitrogen and oxygen atoms in total. The SMILES string of the molecule is CCCO/N=C(/C=O)c1csc(NC=O)n1. The van der Waals surface area contributed by atoms with E-state index in [0.29, 0.717) is 30.1 Å². The van der Waals surface area contributed by atoms with Crippen LogP contribution in [0.1, 0.15) is 19.0 Å². The number of hydrogen-bond acceptors (Lipinski definition) is 6. The molecule has 1 aromatic heterocycles. The van der Waals surface area contributed by atoms with E-state index in [9.17, 15) is 9.59 Å². The van der Waals surface area contributed by atoms with Crippen molar-refractivity contribution in [1.82, 2.24) is 4.98 Å². The third-order valence-electron chi connectivity index (χ3n) is 1.52. The number of aromatic nitrogens is 1. The molecule has 1 heterocycles. The number of anilines is 1. The first kappa shape index (κ1) is 12.3. The third kappa shape index (κ3) is 3.43. The van der Waals surface area contributed by atoms with Gasteiger partial charge in [0.1, 0.15) is 12.3 Å². The van der Waals surface area contributed by atoms with Crippen molar-refractivity contribution in [1.29, 1.82) is 0 Å². The lowest BCUT2D eigenvalue weighted by molar-refractivity contribution is -0.105. The first-order valence-corrected chi connectivity index (χ1v) is 5.51. The molecule has 0 aliphatic rings.